The van der Waals surface area contributed by atoms with Gasteiger partial charge >= 0.3 is 5.97 Å². The summed E-state index contributed by atoms with van der Waals surface area (Å²) in [5.41, 5.74) is 5.53. The number of aliphatic carboxylic acids is 1. The predicted octanol–water partition coefficient (Wildman–Crippen LogP) is -0.507. The van der Waals surface area contributed by atoms with Gasteiger partial charge < -0.3 is 10.8 Å². The molecule has 0 aromatic heterocycles. The summed E-state index contributed by atoms with van der Waals surface area (Å²) in [5.74, 6) is -0.737. The van der Waals surface area contributed by atoms with Crippen LogP contribution in [0.1, 0.15) is 13.3 Å². The minimum atomic E-state index is -0.737. The molecule has 1 atom stereocenters. The van der Waals surface area contributed by atoms with Crippen molar-refractivity contribution in [1.82, 2.24) is 4.90 Å². The van der Waals surface area contributed by atoms with Gasteiger partial charge in [0.25, 0.3) is 0 Å². The maximum Gasteiger partial charge on any atom is 0.320 e. The zero-order valence-corrected chi connectivity index (χ0v) is 6.66. The van der Waals surface area contributed by atoms with Crippen LogP contribution in [-0.4, -0.2) is 41.1 Å². The normalized spacial score (nSPS) is 22.7. The van der Waals surface area contributed by atoms with Gasteiger partial charge in [-0.05, 0) is 6.42 Å². The van der Waals surface area contributed by atoms with Gasteiger partial charge in [-0.25, -0.2) is 0 Å². The summed E-state index contributed by atoms with van der Waals surface area (Å²) >= 11 is 0. The summed E-state index contributed by atoms with van der Waals surface area (Å²) in [6, 6.07) is -0.141. The molecule has 0 spiro atoms. The average Bonchev–Trinajstić information content (AvgIpc) is 1.85. The Kier molecular flexibility index (Phi) is 2.46. The number of nitrogens with two attached hydrogens (primary N) is 1. The van der Waals surface area contributed by atoms with E-state index in [0.717, 1.165) is 13.1 Å². The Hall–Kier alpha value is -0.610. The SMILES string of the molecule is CCC(C(=O)O)N1CC(N)C1. The lowest BCUT2D eigenvalue weighted by Crippen LogP contribution is -2.61. The van der Waals surface area contributed by atoms with Gasteiger partial charge in [-0.1, -0.05) is 6.92 Å². The van der Waals surface area contributed by atoms with Crippen molar-refractivity contribution in [2.75, 3.05) is 13.1 Å². The fourth-order valence-electron chi connectivity index (χ4n) is 1.39. The molecule has 0 saturated carbocycles. The van der Waals surface area contributed by atoms with E-state index in [1.165, 1.54) is 0 Å². The first-order valence-corrected chi connectivity index (χ1v) is 3.87. The van der Waals surface area contributed by atoms with Crippen LogP contribution in [0.15, 0.2) is 0 Å². The Morgan fingerprint density at radius 2 is 2.36 bits per heavy atom. The molecule has 1 unspecified atom stereocenters. The Morgan fingerprint density at radius 1 is 1.82 bits per heavy atom. The minimum Gasteiger partial charge on any atom is -0.480 e. The lowest BCUT2D eigenvalue weighted by Gasteiger charge is -2.40. The topological polar surface area (TPSA) is 66.6 Å². The smallest absolute Gasteiger partial charge is 0.320 e. The maximum atomic E-state index is 10.6. The molecule has 64 valence electrons. The fourth-order valence-corrected chi connectivity index (χ4v) is 1.39. The van der Waals surface area contributed by atoms with Gasteiger partial charge in [0.15, 0.2) is 0 Å². The number of carbonyl (C=O) groups is 1. The van der Waals surface area contributed by atoms with E-state index in [1.54, 1.807) is 0 Å². The summed E-state index contributed by atoms with van der Waals surface area (Å²) in [6.45, 7) is 3.33. The van der Waals surface area contributed by atoms with Gasteiger partial charge in [0.2, 0.25) is 0 Å². The van der Waals surface area contributed by atoms with Crippen LogP contribution in [-0.2, 0) is 4.79 Å². The van der Waals surface area contributed by atoms with Gasteiger partial charge in [0.1, 0.15) is 6.04 Å². The second kappa shape index (κ2) is 3.19. The van der Waals surface area contributed by atoms with Crippen molar-refractivity contribution in [1.29, 1.82) is 0 Å². The predicted molar refractivity (Wildman–Crippen MR) is 41.3 cm³/mol. The van der Waals surface area contributed by atoms with E-state index in [1.807, 2.05) is 11.8 Å². The van der Waals surface area contributed by atoms with Crippen molar-refractivity contribution in [3.05, 3.63) is 0 Å². The molecule has 0 bridgehead atoms. The number of carboxylic acids is 1. The molecule has 11 heavy (non-hydrogen) atoms. The van der Waals surface area contributed by atoms with Crippen LogP contribution in [0.4, 0.5) is 0 Å². The molecule has 0 amide bonds. The summed E-state index contributed by atoms with van der Waals surface area (Å²) in [4.78, 5) is 12.5. The monoisotopic (exact) mass is 158 g/mol. The molecule has 1 aliphatic rings. The molecular formula is C7H14N2O2. The second-order valence-electron chi connectivity index (χ2n) is 2.98. The first-order valence-electron chi connectivity index (χ1n) is 3.87. The van der Waals surface area contributed by atoms with Crippen molar-refractivity contribution >= 4 is 5.97 Å². The Morgan fingerprint density at radius 3 is 2.64 bits per heavy atom. The molecule has 4 nitrogen and oxygen atoms in total. The van der Waals surface area contributed by atoms with Crippen molar-refractivity contribution in [2.24, 2.45) is 5.73 Å². The van der Waals surface area contributed by atoms with Gasteiger partial charge in [-0.3, -0.25) is 9.69 Å². The Balaban J connectivity index is 2.38. The lowest BCUT2D eigenvalue weighted by molar-refractivity contribution is -0.145. The molecule has 4 heteroatoms. The third-order valence-corrected chi connectivity index (χ3v) is 2.05. The van der Waals surface area contributed by atoms with Crippen LogP contribution >= 0.6 is 0 Å². The zero-order chi connectivity index (χ0) is 8.43. The molecule has 1 heterocycles. The molecule has 1 aliphatic heterocycles. The van der Waals surface area contributed by atoms with Gasteiger partial charge in [-0.15, -0.1) is 0 Å². The molecule has 1 rings (SSSR count). The van der Waals surface area contributed by atoms with E-state index in [9.17, 15) is 4.79 Å². The van der Waals surface area contributed by atoms with Crippen LogP contribution in [0, 0.1) is 0 Å². The van der Waals surface area contributed by atoms with Crippen molar-refractivity contribution in [2.45, 2.75) is 25.4 Å². The number of hydrogen-bond donors (Lipinski definition) is 2. The summed E-state index contributed by atoms with van der Waals surface area (Å²) in [5, 5.41) is 8.71. The van der Waals surface area contributed by atoms with Crippen molar-refractivity contribution in [3.8, 4) is 0 Å². The summed E-state index contributed by atoms with van der Waals surface area (Å²) < 4.78 is 0. The molecule has 0 radical (unpaired) electrons. The van der Waals surface area contributed by atoms with Crippen LogP contribution in [0.3, 0.4) is 0 Å². The van der Waals surface area contributed by atoms with Crippen LogP contribution in [0.25, 0.3) is 0 Å². The lowest BCUT2D eigenvalue weighted by atomic mass is 10.0. The van der Waals surface area contributed by atoms with E-state index in [-0.39, 0.29) is 12.1 Å². The number of likely N-dealkylation sites (tertiary alicyclic amines) is 1. The number of carboxylic acid groups (broad SMARTS) is 1. The Labute approximate surface area is 66.0 Å². The highest BCUT2D eigenvalue weighted by molar-refractivity contribution is 5.73. The molecule has 3 N–H and O–H groups in total. The van der Waals surface area contributed by atoms with Crippen LogP contribution in [0.2, 0.25) is 0 Å². The first-order chi connectivity index (χ1) is 5.15. The van der Waals surface area contributed by atoms with E-state index >= 15 is 0 Å². The second-order valence-corrected chi connectivity index (χ2v) is 2.98. The molecule has 0 aliphatic carbocycles. The zero-order valence-electron chi connectivity index (χ0n) is 6.66. The maximum absolute atomic E-state index is 10.6. The summed E-state index contributed by atoms with van der Waals surface area (Å²) in [7, 11) is 0. The molecule has 0 aromatic carbocycles. The number of nitrogens with zero attached hydrogens (tertiary/aromatic N) is 1. The molecule has 1 fully saturated rings. The number of hydrogen-bond acceptors (Lipinski definition) is 3. The van der Waals surface area contributed by atoms with Crippen molar-refractivity contribution < 1.29 is 9.90 Å². The average molecular weight is 158 g/mol. The summed E-state index contributed by atoms with van der Waals surface area (Å²) in [6.07, 6.45) is 0.655. The van der Waals surface area contributed by atoms with E-state index in [4.69, 9.17) is 10.8 Å². The van der Waals surface area contributed by atoms with E-state index < -0.39 is 5.97 Å². The van der Waals surface area contributed by atoms with Gasteiger partial charge in [-0.2, -0.15) is 0 Å². The van der Waals surface area contributed by atoms with Crippen LogP contribution < -0.4 is 5.73 Å². The quantitative estimate of drug-likeness (QED) is 0.580. The van der Waals surface area contributed by atoms with E-state index in [0.29, 0.717) is 6.42 Å². The highest BCUT2D eigenvalue weighted by Crippen LogP contribution is 2.12. The van der Waals surface area contributed by atoms with Crippen molar-refractivity contribution in [3.63, 3.8) is 0 Å². The third kappa shape index (κ3) is 1.70. The fraction of sp³-hybridized carbons (Fsp3) is 0.857. The minimum absolute atomic E-state index is 0.184. The van der Waals surface area contributed by atoms with Gasteiger partial charge in [0.05, 0.1) is 0 Å². The highest BCUT2D eigenvalue weighted by atomic mass is 16.4. The highest BCUT2D eigenvalue weighted by Gasteiger charge is 2.32. The Bertz CT molecular complexity index is 155. The third-order valence-electron chi connectivity index (χ3n) is 2.05. The largest absolute Gasteiger partial charge is 0.480 e. The van der Waals surface area contributed by atoms with Gasteiger partial charge in [0, 0.05) is 19.1 Å². The van der Waals surface area contributed by atoms with E-state index in [2.05, 4.69) is 0 Å². The number of rotatable bonds is 3. The van der Waals surface area contributed by atoms with Crippen LogP contribution in [0.5, 0.6) is 0 Å². The molecular weight excluding hydrogens is 144 g/mol. The molecule has 0 aromatic rings. The first kappa shape index (κ1) is 8.49. The molecule has 1 saturated heterocycles. The standard InChI is InChI=1S/C7H14N2O2/c1-2-6(7(10)11)9-3-5(8)4-9/h5-6H,2-4,8H2,1H3,(H,10,11).